The highest BCUT2D eigenvalue weighted by molar-refractivity contribution is 6.32. The van der Waals surface area contributed by atoms with Gasteiger partial charge in [-0.1, -0.05) is 35.3 Å². The molecule has 0 aliphatic carbocycles. The van der Waals surface area contributed by atoms with E-state index in [1.165, 1.54) is 0 Å². The van der Waals surface area contributed by atoms with Crippen molar-refractivity contribution >= 4 is 35.0 Å². The van der Waals surface area contributed by atoms with Crippen molar-refractivity contribution in [2.75, 3.05) is 0 Å². The van der Waals surface area contributed by atoms with E-state index in [9.17, 15) is 9.59 Å². The molecule has 2 saturated heterocycles. The van der Waals surface area contributed by atoms with Crippen LogP contribution in [0.4, 0.5) is 0 Å². The molecule has 2 N–H and O–H groups in total. The van der Waals surface area contributed by atoms with Crippen molar-refractivity contribution in [2.45, 2.75) is 56.7 Å². The maximum Gasteiger partial charge on any atom is 0.266 e. The minimum absolute atomic E-state index is 0.00864. The Labute approximate surface area is 190 Å². The zero-order chi connectivity index (χ0) is 22.2. The molecule has 31 heavy (non-hydrogen) atoms. The van der Waals surface area contributed by atoms with E-state index in [2.05, 4.69) is 4.98 Å². The van der Waals surface area contributed by atoms with Crippen LogP contribution in [0.25, 0.3) is 0 Å². The lowest BCUT2D eigenvalue weighted by Gasteiger charge is -2.36. The fraction of sp³-hybridized carbons (Fsp3) is 0.409. The van der Waals surface area contributed by atoms with Crippen molar-refractivity contribution < 1.29 is 19.5 Å². The standard InChI is InChI=1S/C22H23Cl2N3O4/c1-22(11-15-3-2-4-17(20(28)26-30)27(15)21(22)29)14-5-7-16(8-6-14)31-12-13-9-18(23)25-19(24)10-13/h5-10,15,17,30H,2-4,11-12H2,1H3,(H,26,28)/t15-,17-,22-/m0/s1. The molecule has 0 bridgehead atoms. The number of carbonyl (C=O) groups is 2. The first-order chi connectivity index (χ1) is 14.8. The van der Waals surface area contributed by atoms with Crippen LogP contribution in [-0.2, 0) is 21.6 Å². The van der Waals surface area contributed by atoms with Gasteiger partial charge in [0, 0.05) is 6.04 Å². The second kappa shape index (κ2) is 8.65. The molecule has 2 aliphatic heterocycles. The van der Waals surface area contributed by atoms with Gasteiger partial charge in [0.2, 0.25) is 5.91 Å². The Morgan fingerprint density at radius 2 is 1.94 bits per heavy atom. The summed E-state index contributed by atoms with van der Waals surface area (Å²) in [4.78, 5) is 31.0. The van der Waals surface area contributed by atoms with E-state index in [0.717, 1.165) is 24.0 Å². The van der Waals surface area contributed by atoms with Crippen LogP contribution < -0.4 is 10.2 Å². The molecular weight excluding hydrogens is 441 g/mol. The lowest BCUT2D eigenvalue weighted by Crippen LogP contribution is -2.53. The number of carbonyl (C=O) groups excluding carboxylic acids is 2. The SMILES string of the molecule is C[C@@]1(c2ccc(OCc3cc(Cl)nc(Cl)c3)cc2)C[C@@H]2CCC[C@@H](C(=O)NO)N2C1=O. The molecule has 7 nitrogen and oxygen atoms in total. The molecule has 0 radical (unpaired) electrons. The molecule has 9 heteroatoms. The first kappa shape index (κ1) is 21.9. The van der Waals surface area contributed by atoms with Gasteiger partial charge in [-0.2, -0.15) is 0 Å². The Morgan fingerprint density at radius 1 is 1.26 bits per heavy atom. The van der Waals surface area contributed by atoms with Gasteiger partial charge in [-0.15, -0.1) is 0 Å². The Hall–Kier alpha value is -2.35. The van der Waals surface area contributed by atoms with Gasteiger partial charge >= 0.3 is 0 Å². The van der Waals surface area contributed by atoms with Gasteiger partial charge in [-0.25, -0.2) is 10.5 Å². The largest absolute Gasteiger partial charge is 0.489 e. The number of pyridine rings is 1. The number of rotatable bonds is 5. The van der Waals surface area contributed by atoms with E-state index in [0.29, 0.717) is 28.9 Å². The summed E-state index contributed by atoms with van der Waals surface area (Å²) >= 11 is 11.8. The molecule has 3 atom stereocenters. The highest BCUT2D eigenvalue weighted by Crippen LogP contribution is 2.44. The van der Waals surface area contributed by atoms with Gasteiger partial charge in [0.05, 0.1) is 5.41 Å². The highest BCUT2D eigenvalue weighted by atomic mass is 35.5. The van der Waals surface area contributed by atoms with Crippen LogP contribution in [0.1, 0.15) is 43.7 Å². The Bertz CT molecular complexity index is 981. The molecule has 2 aromatic rings. The molecule has 1 aromatic heterocycles. The number of nitrogens with one attached hydrogen (secondary N) is 1. The van der Waals surface area contributed by atoms with Crippen LogP contribution in [0.15, 0.2) is 36.4 Å². The smallest absolute Gasteiger partial charge is 0.266 e. The third-order valence-corrected chi connectivity index (χ3v) is 6.61. The van der Waals surface area contributed by atoms with E-state index in [-0.39, 0.29) is 18.6 Å². The van der Waals surface area contributed by atoms with E-state index in [1.807, 2.05) is 31.2 Å². The summed E-state index contributed by atoms with van der Waals surface area (Å²) in [5, 5.41) is 9.67. The summed E-state index contributed by atoms with van der Waals surface area (Å²) in [7, 11) is 0. The zero-order valence-corrected chi connectivity index (χ0v) is 18.5. The number of ether oxygens (including phenoxy) is 1. The second-order valence-electron chi connectivity index (χ2n) is 8.26. The number of fused-ring (bicyclic) bond motifs is 1. The topological polar surface area (TPSA) is 91.8 Å². The molecule has 3 heterocycles. The summed E-state index contributed by atoms with van der Waals surface area (Å²) in [5.74, 6) is 0.0417. The summed E-state index contributed by atoms with van der Waals surface area (Å²) in [6.07, 6.45) is 2.89. The number of hydrogen-bond donors (Lipinski definition) is 2. The van der Waals surface area contributed by atoms with E-state index in [1.54, 1.807) is 22.5 Å². The molecule has 2 amide bonds. The monoisotopic (exact) mass is 463 g/mol. The predicted molar refractivity (Wildman–Crippen MR) is 115 cm³/mol. The lowest BCUT2D eigenvalue weighted by atomic mass is 9.79. The molecule has 1 aromatic carbocycles. The predicted octanol–water partition coefficient (Wildman–Crippen LogP) is 3.88. The zero-order valence-electron chi connectivity index (χ0n) is 17.0. The van der Waals surface area contributed by atoms with Crippen molar-refractivity contribution in [1.29, 1.82) is 0 Å². The first-order valence-corrected chi connectivity index (χ1v) is 10.9. The van der Waals surface area contributed by atoms with E-state index in [4.69, 9.17) is 33.1 Å². The van der Waals surface area contributed by atoms with E-state index < -0.39 is 17.4 Å². The Kier molecular flexibility index (Phi) is 6.10. The van der Waals surface area contributed by atoms with Crippen molar-refractivity contribution in [3.8, 4) is 5.75 Å². The maximum absolute atomic E-state index is 13.4. The van der Waals surface area contributed by atoms with Gasteiger partial charge in [0.25, 0.3) is 5.91 Å². The second-order valence-corrected chi connectivity index (χ2v) is 9.03. The van der Waals surface area contributed by atoms with Crippen molar-refractivity contribution in [2.24, 2.45) is 0 Å². The van der Waals surface area contributed by atoms with Gasteiger partial charge in [0.15, 0.2) is 0 Å². The third-order valence-electron chi connectivity index (χ3n) is 6.23. The van der Waals surface area contributed by atoms with E-state index >= 15 is 0 Å². The van der Waals surface area contributed by atoms with Crippen molar-refractivity contribution in [3.05, 3.63) is 57.8 Å². The third kappa shape index (κ3) is 4.22. The minimum atomic E-state index is -0.728. The average Bonchev–Trinajstić information content (AvgIpc) is 3.02. The van der Waals surface area contributed by atoms with Gasteiger partial charge < -0.3 is 9.64 Å². The summed E-state index contributed by atoms with van der Waals surface area (Å²) < 4.78 is 5.82. The summed E-state index contributed by atoms with van der Waals surface area (Å²) in [5.41, 5.74) is 2.65. The van der Waals surface area contributed by atoms with Crippen LogP contribution in [0, 0.1) is 0 Å². The molecule has 0 unspecified atom stereocenters. The number of hydroxylamine groups is 1. The Morgan fingerprint density at radius 3 is 2.58 bits per heavy atom. The quantitative estimate of drug-likeness (QED) is 0.398. The lowest BCUT2D eigenvalue weighted by molar-refractivity contribution is -0.147. The number of piperidine rings is 1. The molecule has 4 rings (SSSR count). The summed E-state index contributed by atoms with van der Waals surface area (Å²) in [6, 6.07) is 10.2. The van der Waals surface area contributed by atoms with Gasteiger partial charge in [-0.3, -0.25) is 14.8 Å². The molecule has 164 valence electrons. The number of nitrogens with zero attached hydrogens (tertiary/aromatic N) is 2. The van der Waals surface area contributed by atoms with Crippen LogP contribution in [0.3, 0.4) is 0 Å². The number of aromatic nitrogens is 1. The average molecular weight is 464 g/mol. The van der Waals surface area contributed by atoms with Crippen LogP contribution in [0.5, 0.6) is 5.75 Å². The van der Waals surface area contributed by atoms with Crippen LogP contribution in [0.2, 0.25) is 10.3 Å². The minimum Gasteiger partial charge on any atom is -0.489 e. The van der Waals surface area contributed by atoms with Crippen molar-refractivity contribution in [1.82, 2.24) is 15.4 Å². The fourth-order valence-corrected chi connectivity index (χ4v) is 5.19. The van der Waals surface area contributed by atoms with Crippen LogP contribution >= 0.6 is 23.2 Å². The van der Waals surface area contributed by atoms with Gasteiger partial charge in [0.1, 0.15) is 28.7 Å². The number of hydrogen-bond acceptors (Lipinski definition) is 5. The van der Waals surface area contributed by atoms with Crippen LogP contribution in [-0.4, -0.2) is 39.0 Å². The molecule has 0 saturated carbocycles. The number of amides is 2. The number of halogens is 2. The van der Waals surface area contributed by atoms with Gasteiger partial charge in [-0.05, 0) is 68.0 Å². The fourth-order valence-electron chi connectivity index (χ4n) is 4.69. The number of benzene rings is 1. The normalized spacial score (nSPS) is 25.3. The van der Waals surface area contributed by atoms with Crippen molar-refractivity contribution in [3.63, 3.8) is 0 Å². The summed E-state index contributed by atoms with van der Waals surface area (Å²) in [6.45, 7) is 2.20. The molecule has 2 aliphatic rings. The molecular formula is C22H23Cl2N3O4. The molecule has 0 spiro atoms. The highest BCUT2D eigenvalue weighted by Gasteiger charge is 2.53. The first-order valence-electron chi connectivity index (χ1n) is 10.1. The molecule has 2 fully saturated rings. The maximum atomic E-state index is 13.4. The Balaban J connectivity index is 1.49.